The lowest BCUT2D eigenvalue weighted by Crippen LogP contribution is -2.05. The number of alkyl halides is 1. The van der Waals surface area contributed by atoms with Gasteiger partial charge in [-0.1, -0.05) is 53.0 Å². The third kappa shape index (κ3) is 2.96. The number of hydrogen-bond acceptors (Lipinski definition) is 0. The maximum atomic E-state index is 13.1. The zero-order chi connectivity index (χ0) is 10.6. The SMILES string of the molecule is CCC(CBr)Cc1cccc(F)c1Cl. The van der Waals surface area contributed by atoms with Gasteiger partial charge in [-0.2, -0.15) is 0 Å². The predicted octanol–water partition coefficient (Wildman–Crippen LogP) is 4.44. The summed E-state index contributed by atoms with van der Waals surface area (Å²) in [7, 11) is 0. The van der Waals surface area contributed by atoms with Crippen molar-refractivity contribution in [1.29, 1.82) is 0 Å². The molecule has 1 aromatic rings. The fourth-order valence-corrected chi connectivity index (χ4v) is 2.22. The van der Waals surface area contributed by atoms with E-state index >= 15 is 0 Å². The summed E-state index contributed by atoms with van der Waals surface area (Å²) < 4.78 is 13.1. The van der Waals surface area contributed by atoms with Crippen molar-refractivity contribution in [2.45, 2.75) is 19.8 Å². The Morgan fingerprint density at radius 3 is 2.79 bits per heavy atom. The summed E-state index contributed by atoms with van der Waals surface area (Å²) in [5, 5.41) is 1.20. The van der Waals surface area contributed by atoms with E-state index in [1.807, 2.05) is 6.07 Å². The van der Waals surface area contributed by atoms with Crippen molar-refractivity contribution < 1.29 is 4.39 Å². The molecule has 0 nitrogen and oxygen atoms in total. The lowest BCUT2D eigenvalue weighted by atomic mass is 9.99. The minimum Gasteiger partial charge on any atom is -0.205 e. The first kappa shape index (κ1) is 12.0. The molecule has 3 heteroatoms. The van der Waals surface area contributed by atoms with Crippen molar-refractivity contribution in [3.05, 3.63) is 34.6 Å². The molecule has 1 aromatic carbocycles. The van der Waals surface area contributed by atoms with E-state index in [9.17, 15) is 4.39 Å². The fraction of sp³-hybridized carbons (Fsp3) is 0.455. The van der Waals surface area contributed by atoms with Crippen LogP contribution in [0.4, 0.5) is 4.39 Å². The lowest BCUT2D eigenvalue weighted by Gasteiger charge is -2.12. The van der Waals surface area contributed by atoms with Crippen LogP contribution in [0.1, 0.15) is 18.9 Å². The summed E-state index contributed by atoms with van der Waals surface area (Å²) in [6, 6.07) is 4.98. The van der Waals surface area contributed by atoms with Crippen LogP contribution in [0, 0.1) is 11.7 Å². The highest BCUT2D eigenvalue weighted by molar-refractivity contribution is 9.09. The van der Waals surface area contributed by atoms with E-state index in [-0.39, 0.29) is 10.8 Å². The van der Waals surface area contributed by atoms with Crippen LogP contribution in [0.3, 0.4) is 0 Å². The zero-order valence-corrected chi connectivity index (χ0v) is 10.4. The van der Waals surface area contributed by atoms with Gasteiger partial charge >= 0.3 is 0 Å². The molecule has 0 aliphatic carbocycles. The number of halogens is 3. The Bertz CT molecular complexity index is 297. The molecule has 0 saturated carbocycles. The van der Waals surface area contributed by atoms with Gasteiger partial charge in [0, 0.05) is 5.33 Å². The van der Waals surface area contributed by atoms with Crippen LogP contribution in [-0.4, -0.2) is 5.33 Å². The Hall–Kier alpha value is -0.0800. The summed E-state index contributed by atoms with van der Waals surface area (Å²) in [6.45, 7) is 2.12. The molecule has 78 valence electrons. The highest BCUT2D eigenvalue weighted by Crippen LogP contribution is 2.24. The molecule has 0 aromatic heterocycles. The Kier molecular flexibility index (Phi) is 4.90. The average Bonchev–Trinajstić information content (AvgIpc) is 2.20. The maximum absolute atomic E-state index is 13.1. The van der Waals surface area contributed by atoms with Gasteiger partial charge in [0.15, 0.2) is 0 Å². The van der Waals surface area contributed by atoms with Crippen molar-refractivity contribution >= 4 is 27.5 Å². The molecule has 0 heterocycles. The number of hydrogen-bond donors (Lipinski definition) is 0. The van der Waals surface area contributed by atoms with E-state index in [1.54, 1.807) is 6.07 Å². The van der Waals surface area contributed by atoms with Crippen LogP contribution >= 0.6 is 27.5 Å². The molecular formula is C11H13BrClF. The zero-order valence-electron chi connectivity index (χ0n) is 8.06. The molecule has 0 saturated heterocycles. The van der Waals surface area contributed by atoms with Gasteiger partial charge in [-0.15, -0.1) is 0 Å². The van der Waals surface area contributed by atoms with Gasteiger partial charge in [0.25, 0.3) is 0 Å². The van der Waals surface area contributed by atoms with E-state index < -0.39 is 0 Å². The summed E-state index contributed by atoms with van der Waals surface area (Å²) in [4.78, 5) is 0. The Morgan fingerprint density at radius 2 is 2.21 bits per heavy atom. The third-order valence-electron chi connectivity index (χ3n) is 2.34. The molecule has 0 amide bonds. The minimum atomic E-state index is -0.325. The smallest absolute Gasteiger partial charge is 0.142 e. The first-order valence-corrected chi connectivity index (χ1v) is 6.17. The van der Waals surface area contributed by atoms with E-state index in [2.05, 4.69) is 22.9 Å². The van der Waals surface area contributed by atoms with Gasteiger partial charge in [0.05, 0.1) is 5.02 Å². The molecule has 0 radical (unpaired) electrons. The fourth-order valence-electron chi connectivity index (χ4n) is 1.33. The molecule has 0 N–H and O–H groups in total. The maximum Gasteiger partial charge on any atom is 0.142 e. The van der Waals surface area contributed by atoms with Crippen molar-refractivity contribution in [1.82, 2.24) is 0 Å². The molecule has 1 rings (SSSR count). The Balaban J connectivity index is 2.80. The van der Waals surface area contributed by atoms with Crippen LogP contribution in [0.2, 0.25) is 5.02 Å². The van der Waals surface area contributed by atoms with Crippen LogP contribution in [0.5, 0.6) is 0 Å². The minimum absolute atomic E-state index is 0.270. The summed E-state index contributed by atoms with van der Waals surface area (Å²) in [6.07, 6.45) is 1.90. The monoisotopic (exact) mass is 278 g/mol. The number of benzene rings is 1. The second kappa shape index (κ2) is 5.72. The van der Waals surface area contributed by atoms with Crippen LogP contribution < -0.4 is 0 Å². The third-order valence-corrected chi connectivity index (χ3v) is 3.67. The topological polar surface area (TPSA) is 0 Å². The van der Waals surface area contributed by atoms with E-state index in [0.29, 0.717) is 5.92 Å². The van der Waals surface area contributed by atoms with Crippen LogP contribution in [0.15, 0.2) is 18.2 Å². The standard InChI is InChI=1S/C11H13BrClF/c1-2-8(7-12)6-9-4-3-5-10(14)11(9)13/h3-5,8H,2,6-7H2,1H3. The van der Waals surface area contributed by atoms with Crippen LogP contribution in [-0.2, 0) is 6.42 Å². The van der Waals surface area contributed by atoms with Gasteiger partial charge in [-0.25, -0.2) is 4.39 Å². The Morgan fingerprint density at radius 1 is 1.50 bits per heavy atom. The van der Waals surface area contributed by atoms with Crippen LogP contribution in [0.25, 0.3) is 0 Å². The molecule has 0 spiro atoms. The number of rotatable bonds is 4. The normalized spacial score (nSPS) is 12.9. The first-order chi connectivity index (χ1) is 6.69. The van der Waals surface area contributed by atoms with Gasteiger partial charge in [0.1, 0.15) is 5.82 Å². The van der Waals surface area contributed by atoms with Crippen molar-refractivity contribution in [3.63, 3.8) is 0 Å². The molecule has 1 atom stereocenters. The lowest BCUT2D eigenvalue weighted by molar-refractivity contribution is 0.568. The molecule has 0 aliphatic rings. The largest absolute Gasteiger partial charge is 0.205 e. The van der Waals surface area contributed by atoms with Gasteiger partial charge < -0.3 is 0 Å². The van der Waals surface area contributed by atoms with Crippen molar-refractivity contribution in [2.24, 2.45) is 5.92 Å². The van der Waals surface area contributed by atoms with E-state index in [1.165, 1.54) is 6.07 Å². The summed E-state index contributed by atoms with van der Waals surface area (Å²) in [5.74, 6) is 0.197. The molecule has 0 bridgehead atoms. The highest BCUT2D eigenvalue weighted by atomic mass is 79.9. The predicted molar refractivity (Wildman–Crippen MR) is 62.7 cm³/mol. The molecule has 14 heavy (non-hydrogen) atoms. The Labute approximate surface area is 97.6 Å². The summed E-state index contributed by atoms with van der Waals surface area (Å²) in [5.41, 5.74) is 0.901. The first-order valence-electron chi connectivity index (χ1n) is 4.67. The van der Waals surface area contributed by atoms with E-state index in [4.69, 9.17) is 11.6 Å². The molecule has 0 fully saturated rings. The average molecular weight is 280 g/mol. The van der Waals surface area contributed by atoms with Crippen molar-refractivity contribution in [2.75, 3.05) is 5.33 Å². The van der Waals surface area contributed by atoms with E-state index in [0.717, 1.165) is 23.7 Å². The summed E-state index contributed by atoms with van der Waals surface area (Å²) >= 11 is 9.30. The second-order valence-electron chi connectivity index (χ2n) is 3.35. The second-order valence-corrected chi connectivity index (χ2v) is 4.37. The van der Waals surface area contributed by atoms with Gasteiger partial charge in [0.2, 0.25) is 0 Å². The molecule has 0 aliphatic heterocycles. The molecular weight excluding hydrogens is 266 g/mol. The van der Waals surface area contributed by atoms with Gasteiger partial charge in [-0.05, 0) is 24.0 Å². The molecule has 1 unspecified atom stereocenters. The highest BCUT2D eigenvalue weighted by Gasteiger charge is 2.10. The quantitative estimate of drug-likeness (QED) is 0.715. The van der Waals surface area contributed by atoms with Crippen molar-refractivity contribution in [3.8, 4) is 0 Å². The van der Waals surface area contributed by atoms with Gasteiger partial charge in [-0.3, -0.25) is 0 Å².